The minimum atomic E-state index is -6.01. The van der Waals surface area contributed by atoms with E-state index in [1.54, 1.807) is 0 Å². The smallest absolute Gasteiger partial charge is 0.380 e. The van der Waals surface area contributed by atoms with Gasteiger partial charge in [-0.3, -0.25) is 0 Å². The van der Waals surface area contributed by atoms with Crippen molar-refractivity contribution in [3.8, 4) is 34.1 Å². The van der Waals surface area contributed by atoms with Gasteiger partial charge in [-0.2, -0.15) is 26.3 Å². The third kappa shape index (κ3) is 5.48. The lowest BCUT2D eigenvalue weighted by atomic mass is 9.89. The second-order valence-electron chi connectivity index (χ2n) is 12.4. The third-order valence-corrected chi connectivity index (χ3v) is 11.3. The summed E-state index contributed by atoms with van der Waals surface area (Å²) in [5.41, 5.74) is -5.75. The van der Waals surface area contributed by atoms with Gasteiger partial charge in [0.1, 0.15) is 34.2 Å². The maximum atomic E-state index is 16.6. The molecular formula is C37H26F6O8S2. The fraction of sp³-hybridized carbons (Fsp3) is 0.189. The van der Waals surface area contributed by atoms with Gasteiger partial charge < -0.3 is 18.3 Å². The predicted molar refractivity (Wildman–Crippen MR) is 184 cm³/mol. The average Bonchev–Trinajstić information content (AvgIpc) is 3.69. The molecule has 0 atom stereocenters. The number of hydrogen-bond donors (Lipinski definition) is 0. The van der Waals surface area contributed by atoms with E-state index < -0.39 is 71.2 Å². The summed E-state index contributed by atoms with van der Waals surface area (Å²) in [5.74, 6) is -17.9. The fourth-order valence-electron chi connectivity index (χ4n) is 6.41. The van der Waals surface area contributed by atoms with Gasteiger partial charge in [0, 0.05) is 68.8 Å². The van der Waals surface area contributed by atoms with Gasteiger partial charge in [-0.1, -0.05) is 0 Å². The maximum Gasteiger partial charge on any atom is 0.380 e. The Kier molecular flexibility index (Phi) is 8.11. The van der Waals surface area contributed by atoms with Crippen LogP contribution in [0, 0.1) is 0 Å². The molecular weight excluding hydrogens is 751 g/mol. The molecule has 16 heteroatoms. The molecule has 2 heterocycles. The Labute approximate surface area is 298 Å². The highest BCUT2D eigenvalue weighted by Crippen LogP contribution is 2.67. The van der Waals surface area contributed by atoms with Crippen molar-refractivity contribution in [3.05, 3.63) is 96.1 Å². The maximum absolute atomic E-state index is 16.6. The molecule has 7 rings (SSSR count). The number of allylic oxidation sites excluding steroid dienone is 2. The largest absolute Gasteiger partial charge is 0.497 e. The Bertz CT molecular complexity index is 2530. The molecule has 1 aliphatic rings. The zero-order valence-corrected chi connectivity index (χ0v) is 29.6. The summed E-state index contributed by atoms with van der Waals surface area (Å²) in [6, 6.07) is 16.7. The Balaban J connectivity index is 1.65. The van der Waals surface area contributed by atoms with Crippen LogP contribution >= 0.6 is 0 Å². The van der Waals surface area contributed by atoms with Gasteiger partial charge in [-0.05, 0) is 72.8 Å². The first kappa shape index (κ1) is 36.2. The molecule has 4 aromatic carbocycles. The highest BCUT2D eigenvalue weighted by Gasteiger charge is 2.81. The molecule has 0 aliphatic heterocycles. The van der Waals surface area contributed by atoms with Crippen LogP contribution in [0.25, 0.3) is 55.7 Å². The number of methoxy groups -OCH3 is 2. The lowest BCUT2D eigenvalue weighted by molar-refractivity contribution is -0.254. The number of fused-ring (bicyclic) bond motifs is 2. The number of rotatable bonds is 8. The normalized spacial score (nSPS) is 16.8. The molecule has 0 unspecified atom stereocenters. The van der Waals surface area contributed by atoms with E-state index in [2.05, 4.69) is 0 Å². The number of sulfone groups is 2. The van der Waals surface area contributed by atoms with Gasteiger partial charge in [-0.15, -0.1) is 0 Å². The van der Waals surface area contributed by atoms with Gasteiger partial charge in [-0.25, -0.2) is 16.8 Å². The van der Waals surface area contributed by atoms with Gasteiger partial charge in [0.05, 0.1) is 24.0 Å². The lowest BCUT2D eigenvalue weighted by Gasteiger charge is -2.26. The topological polar surface area (TPSA) is 113 Å². The van der Waals surface area contributed by atoms with Gasteiger partial charge >= 0.3 is 17.8 Å². The average molecular weight is 777 g/mol. The minimum absolute atomic E-state index is 0.0953. The number of alkyl halides is 6. The zero-order valence-electron chi connectivity index (χ0n) is 27.9. The van der Waals surface area contributed by atoms with Crippen LogP contribution in [-0.2, 0) is 19.7 Å². The van der Waals surface area contributed by atoms with Crippen LogP contribution in [-0.4, -0.2) is 61.3 Å². The Morgan fingerprint density at radius 2 is 0.868 bits per heavy atom. The van der Waals surface area contributed by atoms with E-state index in [1.807, 2.05) is 0 Å². The number of halogens is 6. The van der Waals surface area contributed by atoms with Crippen molar-refractivity contribution in [2.45, 2.75) is 27.6 Å². The Morgan fingerprint density at radius 1 is 0.528 bits per heavy atom. The Morgan fingerprint density at radius 3 is 1.17 bits per heavy atom. The molecule has 6 aromatic rings. The molecule has 0 N–H and O–H groups in total. The summed E-state index contributed by atoms with van der Waals surface area (Å²) in [5, 5.41) is -0.524. The molecule has 1 aliphatic carbocycles. The SMILES string of the molecule is COc1ccc2c(C3=C(c4c(-c5ccc(S(C)(=O)=O)cc5)oc5cc(OC)ccc45)C(F)(F)C(F)(F)C3(F)F)c(-c3ccc(S(C)(=O)=O)cc3)oc2c1. The molecule has 53 heavy (non-hydrogen) atoms. The number of ether oxygens (including phenoxy) is 2. The van der Waals surface area contributed by atoms with Crippen molar-refractivity contribution in [2.75, 3.05) is 26.7 Å². The molecule has 0 saturated carbocycles. The van der Waals surface area contributed by atoms with Crippen molar-refractivity contribution in [1.82, 2.24) is 0 Å². The van der Waals surface area contributed by atoms with Crippen LogP contribution in [0.5, 0.6) is 11.5 Å². The van der Waals surface area contributed by atoms with E-state index in [9.17, 15) is 16.8 Å². The molecule has 0 fully saturated rings. The predicted octanol–water partition coefficient (Wildman–Crippen LogP) is 9.17. The Hall–Kier alpha value is -5.22. The fourth-order valence-corrected chi connectivity index (χ4v) is 7.67. The van der Waals surface area contributed by atoms with Crippen LogP contribution < -0.4 is 9.47 Å². The van der Waals surface area contributed by atoms with Crippen molar-refractivity contribution in [3.63, 3.8) is 0 Å². The van der Waals surface area contributed by atoms with E-state index in [0.717, 1.165) is 36.8 Å². The van der Waals surface area contributed by atoms with Gasteiger partial charge in [0.2, 0.25) is 0 Å². The van der Waals surface area contributed by atoms with Crippen LogP contribution in [0.15, 0.2) is 104 Å². The van der Waals surface area contributed by atoms with E-state index in [0.29, 0.717) is 0 Å². The van der Waals surface area contributed by atoms with Crippen molar-refractivity contribution in [2.24, 2.45) is 0 Å². The van der Waals surface area contributed by atoms with Crippen molar-refractivity contribution in [1.29, 1.82) is 0 Å². The summed E-state index contributed by atoms with van der Waals surface area (Å²) in [7, 11) is -4.89. The summed E-state index contributed by atoms with van der Waals surface area (Å²) in [6.07, 6.45) is 1.86. The molecule has 0 radical (unpaired) electrons. The quantitative estimate of drug-likeness (QED) is 0.141. The number of hydrogen-bond acceptors (Lipinski definition) is 8. The van der Waals surface area contributed by atoms with Crippen molar-refractivity contribution < 1.29 is 61.5 Å². The summed E-state index contributed by atoms with van der Waals surface area (Å²) >= 11 is 0. The van der Waals surface area contributed by atoms with Gasteiger partial charge in [0.15, 0.2) is 19.7 Å². The molecule has 0 bridgehead atoms. The number of benzene rings is 4. The third-order valence-electron chi connectivity index (χ3n) is 9.05. The highest BCUT2D eigenvalue weighted by molar-refractivity contribution is 7.91. The molecule has 0 saturated heterocycles. The first-order valence-electron chi connectivity index (χ1n) is 15.4. The molecule has 2 aromatic heterocycles. The highest BCUT2D eigenvalue weighted by atomic mass is 32.2. The van der Waals surface area contributed by atoms with Crippen LogP contribution in [0.1, 0.15) is 11.1 Å². The first-order chi connectivity index (χ1) is 24.7. The summed E-state index contributed by atoms with van der Waals surface area (Å²) in [4.78, 5) is -0.340. The van der Waals surface area contributed by atoms with E-state index in [1.165, 1.54) is 74.9 Å². The first-order valence-corrected chi connectivity index (χ1v) is 19.2. The summed E-state index contributed by atoms with van der Waals surface area (Å²) < 4.78 is 169. The second kappa shape index (κ2) is 11.9. The molecule has 8 nitrogen and oxygen atoms in total. The van der Waals surface area contributed by atoms with Gasteiger partial charge in [0.25, 0.3) is 0 Å². The van der Waals surface area contributed by atoms with E-state index in [4.69, 9.17) is 18.3 Å². The van der Waals surface area contributed by atoms with E-state index in [-0.39, 0.29) is 54.4 Å². The minimum Gasteiger partial charge on any atom is -0.497 e. The molecule has 276 valence electrons. The van der Waals surface area contributed by atoms with Crippen LogP contribution in [0.3, 0.4) is 0 Å². The number of furan rings is 2. The molecule has 0 amide bonds. The second-order valence-corrected chi connectivity index (χ2v) is 16.4. The molecule has 0 spiro atoms. The zero-order chi connectivity index (χ0) is 38.5. The van der Waals surface area contributed by atoms with Crippen molar-refractivity contribution >= 4 is 52.8 Å². The standard InChI is InChI=1S/C37H26F6O8S2/c1-48-21-9-15-25-27(17-21)50-33(19-5-11-23(12-6-19)52(3,44)45)29(25)31-32(36(40,41)37(42,43)35(31,38)39)30-26-16-10-22(49-2)18-28(26)51-34(30)20-7-13-24(14-8-20)53(4,46)47/h5-18H,1-4H3. The monoisotopic (exact) mass is 776 g/mol. The van der Waals surface area contributed by atoms with E-state index >= 15 is 26.3 Å². The van der Waals surface area contributed by atoms with Crippen LogP contribution in [0.2, 0.25) is 0 Å². The lowest BCUT2D eigenvalue weighted by Crippen LogP contribution is -2.48. The van der Waals surface area contributed by atoms with Crippen LogP contribution in [0.4, 0.5) is 26.3 Å². The summed E-state index contributed by atoms with van der Waals surface area (Å²) in [6.45, 7) is 0.